The van der Waals surface area contributed by atoms with Crippen LogP contribution < -0.4 is 0 Å². The van der Waals surface area contributed by atoms with Gasteiger partial charge in [0, 0.05) is 5.92 Å². The van der Waals surface area contributed by atoms with Gasteiger partial charge in [0.2, 0.25) is 5.91 Å². The van der Waals surface area contributed by atoms with Crippen molar-refractivity contribution in [1.29, 1.82) is 0 Å². The lowest BCUT2D eigenvalue weighted by atomic mass is 9.98. The molecule has 2 rings (SSSR count). The maximum atomic E-state index is 12.1. The highest BCUT2D eigenvalue weighted by molar-refractivity contribution is 7.92. The third-order valence-corrected chi connectivity index (χ3v) is 5.80. The van der Waals surface area contributed by atoms with E-state index in [1.165, 1.54) is 0 Å². The summed E-state index contributed by atoms with van der Waals surface area (Å²) in [5, 5.41) is -2.15. The minimum Gasteiger partial charge on any atom is -0.292 e. The highest BCUT2D eigenvalue weighted by Gasteiger charge is 2.58. The summed E-state index contributed by atoms with van der Waals surface area (Å²) in [6.07, 6.45) is 0. The number of halogens is 1. The molecule has 7 heteroatoms. The minimum absolute atomic E-state index is 0.210. The van der Waals surface area contributed by atoms with Gasteiger partial charge in [0.15, 0.2) is 21.0 Å². The Labute approximate surface area is 111 Å². The molecule has 0 spiro atoms. The lowest BCUT2D eigenvalue weighted by Crippen LogP contribution is -2.68. The minimum atomic E-state index is -3.48. The molecule has 100 valence electrons. The fourth-order valence-electron chi connectivity index (χ4n) is 2.27. The van der Waals surface area contributed by atoms with Crippen molar-refractivity contribution < 1.29 is 18.0 Å². The summed E-state index contributed by atoms with van der Waals surface area (Å²) in [6.45, 7) is 4.99. The first-order valence-electron chi connectivity index (χ1n) is 5.61. The molecule has 18 heavy (non-hydrogen) atoms. The summed E-state index contributed by atoms with van der Waals surface area (Å²) in [5.41, 5.74) is 0.633. The van der Waals surface area contributed by atoms with Gasteiger partial charge in [0.05, 0.1) is 11.4 Å². The van der Waals surface area contributed by atoms with Gasteiger partial charge < -0.3 is 0 Å². The second-order valence-corrected chi connectivity index (χ2v) is 7.52. The van der Waals surface area contributed by atoms with Crippen molar-refractivity contribution in [1.82, 2.24) is 4.90 Å². The van der Waals surface area contributed by atoms with Gasteiger partial charge >= 0.3 is 0 Å². The number of amides is 1. The van der Waals surface area contributed by atoms with Gasteiger partial charge in [-0.25, -0.2) is 8.42 Å². The number of alkyl halides is 1. The van der Waals surface area contributed by atoms with Gasteiger partial charge in [0.25, 0.3) is 0 Å². The molecule has 2 atom stereocenters. The van der Waals surface area contributed by atoms with Crippen molar-refractivity contribution in [2.45, 2.75) is 31.5 Å². The number of nitrogens with zero attached hydrogens (tertiary/aromatic N) is 1. The monoisotopic (exact) mass is 291 g/mol. The van der Waals surface area contributed by atoms with E-state index in [4.69, 9.17) is 11.6 Å². The van der Waals surface area contributed by atoms with Crippen molar-refractivity contribution in [3.63, 3.8) is 0 Å². The second kappa shape index (κ2) is 4.06. The van der Waals surface area contributed by atoms with Crippen LogP contribution in [0.4, 0.5) is 0 Å². The average Bonchev–Trinajstić information content (AvgIpc) is 2.25. The molecule has 2 aliphatic heterocycles. The zero-order valence-electron chi connectivity index (χ0n) is 10.3. The molecule has 1 saturated heterocycles. The Kier molecular flexibility index (Phi) is 3.06. The lowest BCUT2D eigenvalue weighted by Gasteiger charge is -2.47. The largest absolute Gasteiger partial charge is 0.292 e. The third-order valence-electron chi connectivity index (χ3n) is 3.17. The topological polar surface area (TPSA) is 71.5 Å². The average molecular weight is 292 g/mol. The van der Waals surface area contributed by atoms with E-state index in [2.05, 4.69) is 0 Å². The number of carbonyl (C=O) groups excluding carboxylic acids is 2. The van der Waals surface area contributed by atoms with Gasteiger partial charge in [-0.2, -0.15) is 0 Å². The first-order chi connectivity index (χ1) is 8.18. The summed E-state index contributed by atoms with van der Waals surface area (Å²) < 4.78 is 23.8. The van der Waals surface area contributed by atoms with E-state index in [1.807, 2.05) is 0 Å². The van der Waals surface area contributed by atoms with E-state index < -0.39 is 26.5 Å². The van der Waals surface area contributed by atoms with Crippen LogP contribution in [0.25, 0.3) is 0 Å². The summed E-state index contributed by atoms with van der Waals surface area (Å²) in [6, 6.07) is 0. The molecule has 0 aromatic rings. The van der Waals surface area contributed by atoms with Crippen LogP contribution >= 0.6 is 11.6 Å². The number of carbonyl (C=O) groups is 2. The van der Waals surface area contributed by atoms with Crippen molar-refractivity contribution in [2.24, 2.45) is 5.92 Å². The third kappa shape index (κ3) is 1.70. The summed E-state index contributed by atoms with van der Waals surface area (Å²) in [7, 11) is -3.48. The van der Waals surface area contributed by atoms with Crippen LogP contribution in [0.5, 0.6) is 0 Å². The maximum absolute atomic E-state index is 12.1. The molecule has 0 saturated carbocycles. The number of sulfone groups is 1. The highest BCUT2D eigenvalue weighted by atomic mass is 35.5. The van der Waals surface area contributed by atoms with Gasteiger partial charge in [-0.15, -0.1) is 11.6 Å². The molecule has 1 amide bonds. The van der Waals surface area contributed by atoms with E-state index >= 15 is 0 Å². The molecule has 0 aliphatic carbocycles. The maximum Gasteiger partial charge on any atom is 0.249 e. The zero-order chi connectivity index (χ0) is 13.8. The van der Waals surface area contributed by atoms with Crippen LogP contribution in [0, 0.1) is 5.92 Å². The van der Waals surface area contributed by atoms with Gasteiger partial charge in [0.1, 0.15) is 5.38 Å². The Morgan fingerprint density at radius 2 is 2.00 bits per heavy atom. The number of hydrogen-bond acceptors (Lipinski definition) is 4. The van der Waals surface area contributed by atoms with Crippen molar-refractivity contribution in [3.05, 3.63) is 11.3 Å². The standard InChI is InChI=1S/C11H14ClNO4S/c1-5(2)9(14)8-6(3)4-18(16,17)11-7(12)10(15)13(8)11/h5,7,11H,4H2,1-3H3/t7-,11+/m0/s1. The Hall–Kier alpha value is -0.880. The number of ketones is 1. The first kappa shape index (κ1) is 13.5. The number of allylic oxidation sites excluding steroid dienone is 1. The van der Waals surface area contributed by atoms with Crippen molar-refractivity contribution >= 4 is 33.1 Å². The molecule has 1 fully saturated rings. The van der Waals surface area contributed by atoms with E-state index in [9.17, 15) is 18.0 Å². The number of β-lactam (4-membered cyclic amide) rings is 1. The molecule has 0 aromatic heterocycles. The van der Waals surface area contributed by atoms with Crippen LogP contribution in [0.3, 0.4) is 0 Å². The zero-order valence-corrected chi connectivity index (χ0v) is 11.9. The fraction of sp³-hybridized carbons (Fsp3) is 0.636. The van der Waals surface area contributed by atoms with Crippen molar-refractivity contribution in [2.75, 3.05) is 5.75 Å². The molecule has 2 aliphatic rings. The molecular formula is C11H14ClNO4S. The number of fused-ring (bicyclic) bond motifs is 1. The number of Topliss-reactive ketones (excluding diaryl/α,β-unsaturated/α-hetero) is 1. The Morgan fingerprint density at radius 3 is 2.50 bits per heavy atom. The van der Waals surface area contributed by atoms with Crippen LogP contribution in [0.15, 0.2) is 11.3 Å². The molecule has 0 bridgehead atoms. The predicted molar refractivity (Wildman–Crippen MR) is 66.6 cm³/mol. The molecule has 0 aromatic carbocycles. The number of hydrogen-bond donors (Lipinski definition) is 0. The Bertz CT molecular complexity index is 564. The van der Waals surface area contributed by atoms with Crippen LogP contribution in [0.2, 0.25) is 0 Å². The van der Waals surface area contributed by atoms with Gasteiger partial charge in [-0.1, -0.05) is 13.8 Å². The van der Waals surface area contributed by atoms with Gasteiger partial charge in [-0.05, 0) is 12.5 Å². The molecular weight excluding hydrogens is 278 g/mol. The SMILES string of the molecule is CC1=C(C(=O)C(C)C)N2C(=O)[C@H](Cl)[C@H]2S(=O)(=O)C1. The predicted octanol–water partition coefficient (Wildman–Crippen LogP) is 0.690. The van der Waals surface area contributed by atoms with E-state index in [-0.39, 0.29) is 23.2 Å². The molecule has 0 unspecified atom stereocenters. The normalized spacial score (nSPS) is 30.3. The summed E-state index contributed by atoms with van der Waals surface area (Å²) in [5.74, 6) is -1.23. The molecule has 0 radical (unpaired) electrons. The van der Waals surface area contributed by atoms with E-state index in [0.29, 0.717) is 5.57 Å². The van der Waals surface area contributed by atoms with E-state index in [0.717, 1.165) is 4.90 Å². The first-order valence-corrected chi connectivity index (χ1v) is 7.76. The molecule has 5 nitrogen and oxygen atoms in total. The van der Waals surface area contributed by atoms with Crippen molar-refractivity contribution in [3.8, 4) is 0 Å². The van der Waals surface area contributed by atoms with Crippen LogP contribution in [-0.2, 0) is 19.4 Å². The smallest absolute Gasteiger partial charge is 0.249 e. The lowest BCUT2D eigenvalue weighted by molar-refractivity contribution is -0.141. The van der Waals surface area contributed by atoms with Crippen LogP contribution in [0.1, 0.15) is 20.8 Å². The number of rotatable bonds is 2. The highest BCUT2D eigenvalue weighted by Crippen LogP contribution is 2.39. The summed E-state index contributed by atoms with van der Waals surface area (Å²) in [4.78, 5) is 24.8. The quantitative estimate of drug-likeness (QED) is 0.554. The van der Waals surface area contributed by atoms with Crippen LogP contribution in [-0.4, -0.2) is 41.5 Å². The van der Waals surface area contributed by atoms with E-state index in [1.54, 1.807) is 20.8 Å². The Morgan fingerprint density at radius 1 is 1.44 bits per heavy atom. The van der Waals surface area contributed by atoms with Gasteiger partial charge in [-0.3, -0.25) is 14.5 Å². The fourth-order valence-corrected chi connectivity index (χ4v) is 4.88. The second-order valence-electron chi connectivity index (χ2n) is 4.96. The molecule has 0 N–H and O–H groups in total. The summed E-state index contributed by atoms with van der Waals surface area (Å²) >= 11 is 5.75. The Balaban J connectivity index is 2.53. The molecule has 2 heterocycles.